The van der Waals surface area contributed by atoms with E-state index < -0.39 is 5.60 Å². The third-order valence-electron chi connectivity index (χ3n) is 4.84. The summed E-state index contributed by atoms with van der Waals surface area (Å²) in [4.78, 5) is 17.0. The minimum Gasteiger partial charge on any atom is -0.497 e. The molecule has 0 aliphatic heterocycles. The first-order valence-corrected chi connectivity index (χ1v) is 9.43. The number of methoxy groups -OCH3 is 1. The monoisotopic (exact) mass is 372 g/mol. The highest BCUT2D eigenvalue weighted by molar-refractivity contribution is 5.97. The van der Waals surface area contributed by atoms with Gasteiger partial charge in [-0.05, 0) is 57.7 Å². The van der Waals surface area contributed by atoms with E-state index in [0.29, 0.717) is 12.2 Å². The predicted molar refractivity (Wildman–Crippen MR) is 104 cm³/mol. The van der Waals surface area contributed by atoms with Crippen LogP contribution in [0.4, 0.5) is 0 Å². The van der Waals surface area contributed by atoms with E-state index in [2.05, 4.69) is 10.3 Å². The summed E-state index contributed by atoms with van der Waals surface area (Å²) in [5, 5.41) is 13.8. The molecule has 0 saturated heterocycles. The molecule has 0 unspecified atom stereocenters. The van der Waals surface area contributed by atoms with Crippen molar-refractivity contribution in [2.24, 2.45) is 0 Å². The lowest BCUT2D eigenvalue weighted by molar-refractivity contribution is -0.0640. The van der Waals surface area contributed by atoms with Crippen molar-refractivity contribution in [2.75, 3.05) is 13.7 Å². The van der Waals surface area contributed by atoms with Crippen LogP contribution in [0, 0.1) is 0 Å². The van der Waals surface area contributed by atoms with E-state index in [1.54, 1.807) is 27.2 Å². The Kier molecular flexibility index (Phi) is 5.97. The summed E-state index contributed by atoms with van der Waals surface area (Å²) in [7, 11) is 1.62. The molecule has 3 rings (SSSR count). The molecule has 0 spiro atoms. The minimum absolute atomic E-state index is 0.0962. The molecule has 1 aromatic heterocycles. The number of nitrogens with one attached hydrogen (secondary N) is 1. The van der Waals surface area contributed by atoms with Crippen molar-refractivity contribution < 1.29 is 19.4 Å². The molecule has 146 valence electrons. The number of carbonyl (C=O) groups excluding carboxylic acids is 1. The average molecular weight is 372 g/mol. The summed E-state index contributed by atoms with van der Waals surface area (Å²) in [6.07, 6.45) is 5.28. The highest BCUT2D eigenvalue weighted by atomic mass is 16.5. The van der Waals surface area contributed by atoms with Crippen LogP contribution in [0.1, 0.15) is 49.9 Å². The molecule has 6 heteroatoms. The molecule has 0 bridgehead atoms. The van der Waals surface area contributed by atoms with E-state index in [1.807, 2.05) is 24.3 Å². The van der Waals surface area contributed by atoms with E-state index in [0.717, 1.165) is 42.3 Å². The zero-order valence-corrected chi connectivity index (χ0v) is 16.2. The number of benzene rings is 1. The number of pyridine rings is 1. The number of aromatic nitrogens is 1. The zero-order valence-electron chi connectivity index (χ0n) is 16.2. The summed E-state index contributed by atoms with van der Waals surface area (Å²) in [6.45, 7) is 3.82. The van der Waals surface area contributed by atoms with E-state index in [9.17, 15) is 9.90 Å². The average Bonchev–Trinajstić information content (AvgIpc) is 2.66. The summed E-state index contributed by atoms with van der Waals surface area (Å²) in [5.74, 6) is 0.650. The molecular weight excluding hydrogens is 344 g/mol. The van der Waals surface area contributed by atoms with Gasteiger partial charge in [-0.25, -0.2) is 0 Å². The second-order valence-electron chi connectivity index (χ2n) is 7.85. The molecule has 1 aliphatic carbocycles. The van der Waals surface area contributed by atoms with Gasteiger partial charge in [-0.1, -0.05) is 0 Å². The van der Waals surface area contributed by atoms with Crippen LogP contribution in [0.5, 0.6) is 5.75 Å². The zero-order chi connectivity index (χ0) is 19.4. The molecule has 1 saturated carbocycles. The van der Waals surface area contributed by atoms with Crippen LogP contribution < -0.4 is 10.1 Å². The molecule has 27 heavy (non-hydrogen) atoms. The Morgan fingerprint density at radius 1 is 1.26 bits per heavy atom. The third kappa shape index (κ3) is 5.40. The minimum atomic E-state index is -0.807. The van der Waals surface area contributed by atoms with Crippen molar-refractivity contribution in [2.45, 2.75) is 57.3 Å². The number of rotatable bonds is 6. The van der Waals surface area contributed by atoms with Gasteiger partial charge in [-0.2, -0.15) is 0 Å². The Labute approximate surface area is 159 Å². The van der Waals surface area contributed by atoms with E-state index >= 15 is 0 Å². The fraction of sp³-hybridized carbons (Fsp3) is 0.524. The molecule has 1 amide bonds. The number of nitrogens with zero attached hydrogens (tertiary/aromatic N) is 1. The fourth-order valence-corrected chi connectivity index (χ4v) is 3.32. The van der Waals surface area contributed by atoms with Crippen molar-refractivity contribution in [1.29, 1.82) is 0 Å². The SMILES string of the molecule is COc1ccc2cc(C(=O)NC3CCC(OCC(C)(C)O)CC3)cnc2c1. The highest BCUT2D eigenvalue weighted by Gasteiger charge is 2.25. The standard InChI is InChI=1S/C21H28N2O4/c1-21(2,25)13-27-17-8-5-16(6-9-17)23-20(24)15-10-14-4-7-18(26-3)11-19(14)22-12-15/h4,7,10-12,16-17,25H,5-6,8-9,13H2,1-3H3,(H,23,24). The lowest BCUT2D eigenvalue weighted by atomic mass is 9.92. The second-order valence-corrected chi connectivity index (χ2v) is 7.85. The highest BCUT2D eigenvalue weighted by Crippen LogP contribution is 2.23. The van der Waals surface area contributed by atoms with Crippen molar-refractivity contribution >= 4 is 16.8 Å². The Bertz CT molecular complexity index is 792. The molecule has 0 atom stereocenters. The molecule has 6 nitrogen and oxygen atoms in total. The largest absolute Gasteiger partial charge is 0.497 e. The molecule has 2 N–H and O–H groups in total. The molecule has 1 heterocycles. The molecule has 0 radical (unpaired) electrons. The van der Waals surface area contributed by atoms with Gasteiger partial charge in [0.15, 0.2) is 0 Å². The Morgan fingerprint density at radius 3 is 2.67 bits per heavy atom. The van der Waals surface area contributed by atoms with Crippen LogP contribution in [-0.2, 0) is 4.74 Å². The van der Waals surface area contributed by atoms with Gasteiger partial charge in [-0.3, -0.25) is 9.78 Å². The van der Waals surface area contributed by atoms with Gasteiger partial charge in [0.1, 0.15) is 5.75 Å². The fourth-order valence-electron chi connectivity index (χ4n) is 3.32. The summed E-state index contributed by atoms with van der Waals surface area (Å²) in [6, 6.07) is 7.62. The lowest BCUT2D eigenvalue weighted by Gasteiger charge is -2.30. The number of amides is 1. The summed E-state index contributed by atoms with van der Waals surface area (Å²) < 4.78 is 11.0. The normalized spacial score (nSPS) is 20.4. The first-order chi connectivity index (χ1) is 12.8. The number of hydrogen-bond donors (Lipinski definition) is 2. The smallest absolute Gasteiger partial charge is 0.253 e. The van der Waals surface area contributed by atoms with Crippen LogP contribution in [0.15, 0.2) is 30.5 Å². The van der Waals surface area contributed by atoms with Crippen LogP contribution in [0.2, 0.25) is 0 Å². The summed E-state index contributed by atoms with van der Waals surface area (Å²) >= 11 is 0. The van der Waals surface area contributed by atoms with Crippen LogP contribution in [-0.4, -0.2) is 47.5 Å². The van der Waals surface area contributed by atoms with E-state index in [1.165, 1.54) is 0 Å². The molecular formula is C21H28N2O4. The number of carbonyl (C=O) groups is 1. The number of fused-ring (bicyclic) bond motifs is 1. The molecule has 2 aromatic rings. The number of aliphatic hydroxyl groups is 1. The van der Waals surface area contributed by atoms with Crippen LogP contribution in [0.3, 0.4) is 0 Å². The van der Waals surface area contributed by atoms with Crippen molar-refractivity contribution in [3.63, 3.8) is 0 Å². The van der Waals surface area contributed by atoms with E-state index in [4.69, 9.17) is 9.47 Å². The number of hydrogen-bond acceptors (Lipinski definition) is 5. The van der Waals surface area contributed by atoms with Gasteiger partial charge in [0.2, 0.25) is 0 Å². The van der Waals surface area contributed by atoms with Crippen molar-refractivity contribution in [3.05, 3.63) is 36.0 Å². The van der Waals surface area contributed by atoms with Gasteiger partial charge >= 0.3 is 0 Å². The van der Waals surface area contributed by atoms with Crippen LogP contribution >= 0.6 is 0 Å². The lowest BCUT2D eigenvalue weighted by Crippen LogP contribution is -2.40. The third-order valence-corrected chi connectivity index (χ3v) is 4.84. The quantitative estimate of drug-likeness (QED) is 0.814. The maximum Gasteiger partial charge on any atom is 0.253 e. The first-order valence-electron chi connectivity index (χ1n) is 9.43. The maximum absolute atomic E-state index is 12.6. The maximum atomic E-state index is 12.6. The van der Waals surface area contributed by atoms with Gasteiger partial charge in [0.25, 0.3) is 5.91 Å². The Morgan fingerprint density at radius 2 is 2.00 bits per heavy atom. The van der Waals surface area contributed by atoms with Crippen molar-refractivity contribution in [1.82, 2.24) is 10.3 Å². The number of ether oxygens (including phenoxy) is 2. The topological polar surface area (TPSA) is 80.7 Å². The summed E-state index contributed by atoms with van der Waals surface area (Å²) in [5.41, 5.74) is 0.557. The van der Waals surface area contributed by atoms with Crippen molar-refractivity contribution in [3.8, 4) is 5.75 Å². The van der Waals surface area contributed by atoms with Gasteiger partial charge in [0, 0.05) is 23.7 Å². The first kappa shape index (κ1) is 19.6. The molecule has 1 aromatic carbocycles. The van der Waals surface area contributed by atoms with Gasteiger partial charge < -0.3 is 19.9 Å². The predicted octanol–water partition coefficient (Wildman–Crippen LogP) is 3.07. The molecule has 1 aliphatic rings. The Balaban J connectivity index is 1.54. The van der Waals surface area contributed by atoms with Crippen LogP contribution in [0.25, 0.3) is 10.9 Å². The van der Waals surface area contributed by atoms with E-state index in [-0.39, 0.29) is 18.1 Å². The van der Waals surface area contributed by atoms with Gasteiger partial charge in [0.05, 0.1) is 36.5 Å². The molecule has 1 fully saturated rings. The Hall–Kier alpha value is -2.18. The second kappa shape index (κ2) is 8.23. The van der Waals surface area contributed by atoms with Gasteiger partial charge in [-0.15, -0.1) is 0 Å².